The molecular formula is C25H27NO5. The third kappa shape index (κ3) is 6.10. The van der Waals surface area contributed by atoms with Crippen molar-refractivity contribution in [3.8, 4) is 0 Å². The fourth-order valence-electron chi connectivity index (χ4n) is 4.06. The van der Waals surface area contributed by atoms with Gasteiger partial charge in [0, 0.05) is 37.3 Å². The Morgan fingerprint density at radius 3 is 2.23 bits per heavy atom. The number of likely N-dealkylation sites (tertiary alicyclic amines) is 1. The van der Waals surface area contributed by atoms with Gasteiger partial charge in [0.15, 0.2) is 5.78 Å². The molecule has 2 aromatic rings. The first-order valence-electron chi connectivity index (χ1n) is 10.6. The van der Waals surface area contributed by atoms with Crippen LogP contribution in [-0.2, 0) is 20.8 Å². The van der Waals surface area contributed by atoms with Crippen LogP contribution in [0.25, 0.3) is 0 Å². The van der Waals surface area contributed by atoms with Gasteiger partial charge in [-0.1, -0.05) is 60.7 Å². The fourth-order valence-corrected chi connectivity index (χ4v) is 4.06. The fraction of sp³-hybridized carbons (Fsp3) is 0.360. The first-order valence-corrected chi connectivity index (χ1v) is 10.6. The number of hydrogen-bond acceptors (Lipinski definition) is 4. The Bertz CT molecular complexity index is 925. The molecule has 1 N–H and O–H groups in total. The van der Waals surface area contributed by atoms with E-state index in [1.165, 1.54) is 4.90 Å². The van der Waals surface area contributed by atoms with E-state index in [-0.39, 0.29) is 36.7 Å². The first kappa shape index (κ1) is 22.4. The van der Waals surface area contributed by atoms with Gasteiger partial charge in [0.2, 0.25) is 5.91 Å². The second-order valence-electron chi connectivity index (χ2n) is 7.93. The summed E-state index contributed by atoms with van der Waals surface area (Å²) in [5.41, 5.74) is 1.52. The highest BCUT2D eigenvalue weighted by Gasteiger charge is 2.34. The molecule has 162 valence electrons. The van der Waals surface area contributed by atoms with Crippen LogP contribution in [0, 0.1) is 5.92 Å². The lowest BCUT2D eigenvalue weighted by Crippen LogP contribution is -2.40. The molecule has 0 saturated carbocycles. The highest BCUT2D eigenvalue weighted by atomic mass is 16.4. The molecule has 1 aliphatic heterocycles. The Labute approximate surface area is 181 Å². The predicted octanol–water partition coefficient (Wildman–Crippen LogP) is 3.54. The average molecular weight is 421 g/mol. The van der Waals surface area contributed by atoms with E-state index in [1.807, 2.05) is 36.4 Å². The van der Waals surface area contributed by atoms with Gasteiger partial charge in [0.05, 0.1) is 0 Å². The van der Waals surface area contributed by atoms with Crippen molar-refractivity contribution >= 4 is 23.4 Å². The summed E-state index contributed by atoms with van der Waals surface area (Å²) < 4.78 is 0. The molecule has 1 heterocycles. The Kier molecular flexibility index (Phi) is 7.70. The summed E-state index contributed by atoms with van der Waals surface area (Å²) in [7, 11) is 0. The maximum Gasteiger partial charge on any atom is 0.326 e. The SMILES string of the molecule is O=C(C[C@@H](Cc1ccccc1)C(=O)CCC(=O)N1CCC[C@H]1C(=O)O)c1ccccc1. The Balaban J connectivity index is 1.66. The van der Waals surface area contributed by atoms with Gasteiger partial charge in [0.25, 0.3) is 0 Å². The van der Waals surface area contributed by atoms with E-state index in [9.17, 15) is 24.3 Å². The third-order valence-corrected chi connectivity index (χ3v) is 5.75. The maximum atomic E-state index is 13.0. The molecule has 1 fully saturated rings. The second-order valence-corrected chi connectivity index (χ2v) is 7.93. The Morgan fingerprint density at radius 2 is 1.58 bits per heavy atom. The smallest absolute Gasteiger partial charge is 0.326 e. The Morgan fingerprint density at radius 1 is 0.935 bits per heavy atom. The zero-order chi connectivity index (χ0) is 22.2. The molecule has 6 heteroatoms. The van der Waals surface area contributed by atoms with Crippen molar-refractivity contribution in [2.45, 2.75) is 44.6 Å². The highest BCUT2D eigenvalue weighted by Crippen LogP contribution is 2.22. The molecule has 2 atom stereocenters. The highest BCUT2D eigenvalue weighted by molar-refractivity contribution is 5.99. The van der Waals surface area contributed by atoms with Crippen LogP contribution in [0.3, 0.4) is 0 Å². The van der Waals surface area contributed by atoms with E-state index in [1.54, 1.807) is 24.3 Å². The summed E-state index contributed by atoms with van der Waals surface area (Å²) in [4.78, 5) is 50.9. The van der Waals surface area contributed by atoms with Gasteiger partial charge in [-0.15, -0.1) is 0 Å². The number of hydrogen-bond donors (Lipinski definition) is 1. The van der Waals surface area contributed by atoms with E-state index in [0.29, 0.717) is 31.4 Å². The minimum absolute atomic E-state index is 0.00123. The van der Waals surface area contributed by atoms with Crippen LogP contribution in [0.1, 0.15) is 48.0 Å². The standard InChI is InChI=1S/C25H27NO5/c27-22(13-14-24(29)26-15-7-12-21(26)25(30)31)20(16-18-8-3-1-4-9-18)17-23(28)19-10-5-2-6-11-19/h1-6,8-11,20-21H,7,12-17H2,(H,30,31)/t20-,21+/m1/s1. The van der Waals surface area contributed by atoms with Crippen molar-refractivity contribution in [1.82, 2.24) is 4.90 Å². The van der Waals surface area contributed by atoms with E-state index >= 15 is 0 Å². The molecule has 1 saturated heterocycles. The summed E-state index contributed by atoms with van der Waals surface area (Å²) in [6, 6.07) is 17.6. The predicted molar refractivity (Wildman–Crippen MR) is 116 cm³/mol. The number of Topliss-reactive ketones (excluding diaryl/α,β-unsaturated/α-hetero) is 2. The van der Waals surface area contributed by atoms with Crippen molar-refractivity contribution in [3.05, 3.63) is 71.8 Å². The quantitative estimate of drug-likeness (QED) is 0.593. The molecule has 1 aliphatic rings. The molecule has 31 heavy (non-hydrogen) atoms. The van der Waals surface area contributed by atoms with Crippen LogP contribution < -0.4 is 0 Å². The van der Waals surface area contributed by atoms with Crippen LogP contribution in [-0.4, -0.2) is 46.0 Å². The van der Waals surface area contributed by atoms with Crippen molar-refractivity contribution < 1.29 is 24.3 Å². The van der Waals surface area contributed by atoms with Gasteiger partial charge in [-0.05, 0) is 24.8 Å². The summed E-state index contributed by atoms with van der Waals surface area (Å²) in [5, 5.41) is 9.27. The minimum Gasteiger partial charge on any atom is -0.480 e. The van der Waals surface area contributed by atoms with Crippen LogP contribution in [0.4, 0.5) is 0 Å². The number of amides is 1. The summed E-state index contributed by atoms with van der Waals surface area (Å²) in [5.74, 6) is -2.10. The minimum atomic E-state index is -1.01. The molecule has 1 amide bonds. The van der Waals surface area contributed by atoms with E-state index in [4.69, 9.17) is 0 Å². The van der Waals surface area contributed by atoms with Crippen molar-refractivity contribution in [3.63, 3.8) is 0 Å². The number of carboxylic acids is 1. The molecule has 0 bridgehead atoms. The largest absolute Gasteiger partial charge is 0.480 e. The average Bonchev–Trinajstić information content (AvgIpc) is 3.28. The van der Waals surface area contributed by atoms with Gasteiger partial charge in [0.1, 0.15) is 11.8 Å². The van der Waals surface area contributed by atoms with E-state index < -0.39 is 17.9 Å². The Hall–Kier alpha value is -3.28. The molecule has 3 rings (SSSR count). The first-order chi connectivity index (χ1) is 15.0. The molecule has 0 aromatic heterocycles. The van der Waals surface area contributed by atoms with Gasteiger partial charge >= 0.3 is 5.97 Å². The number of ketones is 2. The van der Waals surface area contributed by atoms with Gasteiger partial charge in [-0.2, -0.15) is 0 Å². The number of aliphatic carboxylic acids is 1. The molecule has 0 unspecified atom stereocenters. The number of nitrogens with zero attached hydrogens (tertiary/aromatic N) is 1. The lowest BCUT2D eigenvalue weighted by atomic mass is 9.87. The summed E-state index contributed by atoms with van der Waals surface area (Å²) >= 11 is 0. The van der Waals surface area contributed by atoms with Gasteiger partial charge in [-0.25, -0.2) is 4.79 Å². The zero-order valence-corrected chi connectivity index (χ0v) is 17.4. The van der Waals surface area contributed by atoms with Gasteiger partial charge in [-0.3, -0.25) is 14.4 Å². The molecule has 6 nitrogen and oxygen atoms in total. The zero-order valence-electron chi connectivity index (χ0n) is 17.4. The van der Waals surface area contributed by atoms with Crippen molar-refractivity contribution in [2.75, 3.05) is 6.54 Å². The topological polar surface area (TPSA) is 91.8 Å². The summed E-state index contributed by atoms with van der Waals surface area (Å²) in [6.45, 7) is 0.407. The van der Waals surface area contributed by atoms with Gasteiger partial charge < -0.3 is 10.0 Å². The van der Waals surface area contributed by atoms with E-state index in [0.717, 1.165) is 5.56 Å². The van der Waals surface area contributed by atoms with Crippen molar-refractivity contribution in [1.29, 1.82) is 0 Å². The van der Waals surface area contributed by atoms with Crippen LogP contribution in [0.2, 0.25) is 0 Å². The number of benzene rings is 2. The number of rotatable bonds is 10. The molecule has 0 radical (unpaired) electrons. The number of carboxylic acid groups (broad SMARTS) is 1. The van der Waals surface area contributed by atoms with Crippen LogP contribution in [0.15, 0.2) is 60.7 Å². The summed E-state index contributed by atoms with van der Waals surface area (Å²) in [6.07, 6.45) is 1.56. The maximum absolute atomic E-state index is 13.0. The molecule has 0 spiro atoms. The van der Waals surface area contributed by atoms with Crippen molar-refractivity contribution in [2.24, 2.45) is 5.92 Å². The second kappa shape index (κ2) is 10.7. The normalized spacial score (nSPS) is 16.6. The van der Waals surface area contributed by atoms with E-state index in [2.05, 4.69) is 0 Å². The number of carbonyl (C=O) groups excluding carboxylic acids is 3. The molecular weight excluding hydrogens is 394 g/mol. The lowest BCUT2D eigenvalue weighted by molar-refractivity contribution is -0.148. The van der Waals surface area contributed by atoms with Crippen LogP contribution >= 0.6 is 0 Å². The third-order valence-electron chi connectivity index (χ3n) is 5.75. The monoisotopic (exact) mass is 421 g/mol. The molecule has 0 aliphatic carbocycles. The molecule has 2 aromatic carbocycles. The number of carbonyl (C=O) groups is 4. The lowest BCUT2D eigenvalue weighted by Gasteiger charge is -2.22. The van der Waals surface area contributed by atoms with Crippen LogP contribution in [0.5, 0.6) is 0 Å².